The molecule has 0 unspecified atom stereocenters. The minimum Gasteiger partial charge on any atom is -0.344 e. The molecule has 0 aromatic heterocycles. The number of nitrogens with zero attached hydrogens (tertiary/aromatic N) is 2. The lowest BCUT2D eigenvalue weighted by atomic mass is 9.83. The second-order valence-corrected chi connectivity index (χ2v) is 10.9. The first kappa shape index (κ1) is 25.4. The highest BCUT2D eigenvalue weighted by molar-refractivity contribution is 5.91. The SMILES string of the molecule is CC(C)(C)[C@H](NC(=O)[C@H](CC1CCCC1)CN(O)C=O)C(=O)N1CCC2(CC1)NCNC2=O. The normalized spacial score (nSPS) is 22.7. The Morgan fingerprint density at radius 1 is 1.27 bits per heavy atom. The van der Waals surface area contributed by atoms with Crippen molar-refractivity contribution in [1.82, 2.24) is 25.9 Å². The van der Waals surface area contributed by atoms with E-state index in [0.29, 0.717) is 56.4 Å². The highest BCUT2D eigenvalue weighted by atomic mass is 16.5. The molecule has 0 aromatic carbocycles. The Labute approximate surface area is 195 Å². The third kappa shape index (κ3) is 6.03. The molecular weight excluding hydrogens is 426 g/mol. The lowest BCUT2D eigenvalue weighted by Gasteiger charge is -2.41. The summed E-state index contributed by atoms with van der Waals surface area (Å²) in [4.78, 5) is 51.7. The Morgan fingerprint density at radius 2 is 1.91 bits per heavy atom. The Balaban J connectivity index is 1.68. The molecule has 10 nitrogen and oxygen atoms in total. The van der Waals surface area contributed by atoms with Crippen LogP contribution in [-0.4, -0.2) is 77.2 Å². The lowest BCUT2D eigenvalue weighted by Crippen LogP contribution is -2.61. The van der Waals surface area contributed by atoms with Gasteiger partial charge in [-0.3, -0.25) is 29.7 Å². The molecule has 2 heterocycles. The molecule has 4 amide bonds. The van der Waals surface area contributed by atoms with Crippen LogP contribution in [0.15, 0.2) is 0 Å². The number of hydrogen-bond donors (Lipinski definition) is 4. The van der Waals surface area contributed by atoms with E-state index in [1.807, 2.05) is 20.8 Å². The number of carbonyl (C=O) groups is 4. The molecule has 10 heteroatoms. The fourth-order valence-corrected chi connectivity index (χ4v) is 5.33. The summed E-state index contributed by atoms with van der Waals surface area (Å²) < 4.78 is 0. The zero-order valence-electron chi connectivity index (χ0n) is 20.1. The van der Waals surface area contributed by atoms with E-state index in [9.17, 15) is 24.4 Å². The van der Waals surface area contributed by atoms with Gasteiger partial charge in [0.2, 0.25) is 24.1 Å². The van der Waals surface area contributed by atoms with Crippen molar-refractivity contribution >= 4 is 24.1 Å². The Kier molecular flexibility index (Phi) is 8.00. The molecule has 3 aliphatic rings. The second kappa shape index (κ2) is 10.4. The summed E-state index contributed by atoms with van der Waals surface area (Å²) in [5, 5.41) is 19.2. The van der Waals surface area contributed by atoms with Gasteiger partial charge in [0.05, 0.1) is 19.1 Å². The van der Waals surface area contributed by atoms with E-state index >= 15 is 0 Å². The van der Waals surface area contributed by atoms with Gasteiger partial charge in [0.15, 0.2) is 0 Å². The van der Waals surface area contributed by atoms with Crippen LogP contribution in [-0.2, 0) is 19.2 Å². The van der Waals surface area contributed by atoms with E-state index in [1.165, 1.54) is 0 Å². The molecule has 2 saturated heterocycles. The van der Waals surface area contributed by atoms with Crippen LogP contribution < -0.4 is 16.0 Å². The first-order valence-corrected chi connectivity index (χ1v) is 12.1. The quantitative estimate of drug-likeness (QED) is 0.236. The van der Waals surface area contributed by atoms with Gasteiger partial charge < -0.3 is 15.5 Å². The van der Waals surface area contributed by atoms with Gasteiger partial charge in [-0.2, -0.15) is 0 Å². The number of hydrogen-bond acceptors (Lipinski definition) is 6. The molecule has 3 fully saturated rings. The monoisotopic (exact) mass is 465 g/mol. The first-order chi connectivity index (χ1) is 15.6. The van der Waals surface area contributed by atoms with E-state index in [1.54, 1.807) is 4.90 Å². The first-order valence-electron chi connectivity index (χ1n) is 12.1. The molecule has 0 aromatic rings. The van der Waals surface area contributed by atoms with Crippen LogP contribution in [0.2, 0.25) is 0 Å². The largest absolute Gasteiger partial charge is 0.344 e. The highest BCUT2D eigenvalue weighted by Crippen LogP contribution is 2.32. The highest BCUT2D eigenvalue weighted by Gasteiger charge is 2.46. The standard InChI is InChI=1S/C23H39N5O5/c1-22(2,3)18(20(31)27-10-8-23(9-11-27)21(32)24-14-25-23)26-19(30)17(13-28(33)15-29)12-16-6-4-5-7-16/h15-18,25,33H,4-14H2,1-3H3,(H,24,32)(H,26,30)/t17-,18-/m1/s1. The number of nitrogens with one attached hydrogen (secondary N) is 3. The predicted molar refractivity (Wildman–Crippen MR) is 121 cm³/mol. The lowest BCUT2D eigenvalue weighted by molar-refractivity contribution is -0.156. The van der Waals surface area contributed by atoms with Crippen LogP contribution in [0.1, 0.15) is 65.7 Å². The molecule has 1 spiro atoms. The van der Waals surface area contributed by atoms with Crippen LogP contribution >= 0.6 is 0 Å². The molecule has 2 atom stereocenters. The van der Waals surface area contributed by atoms with E-state index in [4.69, 9.17) is 0 Å². The van der Waals surface area contributed by atoms with Crippen LogP contribution in [0, 0.1) is 17.3 Å². The number of likely N-dealkylation sites (tertiary alicyclic amines) is 1. The van der Waals surface area contributed by atoms with Crippen molar-refractivity contribution in [3.8, 4) is 0 Å². The van der Waals surface area contributed by atoms with E-state index in [2.05, 4.69) is 16.0 Å². The molecule has 4 N–H and O–H groups in total. The third-order valence-electron chi connectivity index (χ3n) is 7.43. The van der Waals surface area contributed by atoms with Gasteiger partial charge >= 0.3 is 0 Å². The zero-order valence-corrected chi connectivity index (χ0v) is 20.1. The Hall–Kier alpha value is -2.20. The van der Waals surface area contributed by atoms with Gasteiger partial charge in [-0.05, 0) is 30.6 Å². The van der Waals surface area contributed by atoms with Crippen LogP contribution in [0.25, 0.3) is 0 Å². The summed E-state index contributed by atoms with van der Waals surface area (Å²) in [6, 6.07) is -0.751. The molecule has 2 aliphatic heterocycles. The van der Waals surface area contributed by atoms with E-state index in [0.717, 1.165) is 25.7 Å². The Bertz CT molecular complexity index is 738. The summed E-state index contributed by atoms with van der Waals surface area (Å²) in [7, 11) is 0. The fourth-order valence-electron chi connectivity index (χ4n) is 5.33. The van der Waals surface area contributed by atoms with E-state index in [-0.39, 0.29) is 24.3 Å². The maximum absolute atomic E-state index is 13.5. The molecule has 33 heavy (non-hydrogen) atoms. The summed E-state index contributed by atoms with van der Waals surface area (Å²) in [6.45, 7) is 6.93. The molecular formula is C23H39N5O5. The molecule has 0 radical (unpaired) electrons. The van der Waals surface area contributed by atoms with Crippen molar-refractivity contribution < 1.29 is 24.4 Å². The topological polar surface area (TPSA) is 131 Å². The van der Waals surface area contributed by atoms with Crippen molar-refractivity contribution in [3.05, 3.63) is 0 Å². The van der Waals surface area contributed by atoms with Gasteiger partial charge in [0, 0.05) is 13.1 Å². The fraction of sp³-hybridized carbons (Fsp3) is 0.826. The van der Waals surface area contributed by atoms with Crippen molar-refractivity contribution in [2.45, 2.75) is 77.3 Å². The second-order valence-electron chi connectivity index (χ2n) is 10.9. The summed E-state index contributed by atoms with van der Waals surface area (Å²) >= 11 is 0. The van der Waals surface area contributed by atoms with Crippen molar-refractivity contribution in [2.75, 3.05) is 26.3 Å². The predicted octanol–water partition coefficient (Wildman–Crippen LogP) is 0.600. The number of hydroxylamine groups is 2. The van der Waals surface area contributed by atoms with Gasteiger partial charge in [0.1, 0.15) is 11.6 Å². The van der Waals surface area contributed by atoms with Crippen LogP contribution in [0.4, 0.5) is 0 Å². The van der Waals surface area contributed by atoms with E-state index < -0.39 is 22.9 Å². The van der Waals surface area contributed by atoms with Gasteiger partial charge in [-0.25, -0.2) is 5.06 Å². The average molecular weight is 466 g/mol. The Morgan fingerprint density at radius 3 is 2.42 bits per heavy atom. The van der Waals surface area contributed by atoms with Crippen molar-refractivity contribution in [1.29, 1.82) is 0 Å². The maximum atomic E-state index is 13.5. The van der Waals surface area contributed by atoms with Gasteiger partial charge in [0.25, 0.3) is 0 Å². The number of rotatable bonds is 8. The molecule has 1 aliphatic carbocycles. The molecule has 0 bridgehead atoms. The summed E-state index contributed by atoms with van der Waals surface area (Å²) in [5.74, 6) is -0.708. The smallest absolute Gasteiger partial charge is 0.245 e. The number of piperidine rings is 1. The summed E-state index contributed by atoms with van der Waals surface area (Å²) in [5.41, 5.74) is -1.14. The minimum atomic E-state index is -0.751. The van der Waals surface area contributed by atoms with Crippen LogP contribution in [0.3, 0.4) is 0 Å². The van der Waals surface area contributed by atoms with Gasteiger partial charge in [-0.1, -0.05) is 46.5 Å². The molecule has 186 valence electrons. The summed E-state index contributed by atoms with van der Waals surface area (Å²) in [6.07, 6.45) is 6.26. The van der Waals surface area contributed by atoms with Gasteiger partial charge in [-0.15, -0.1) is 0 Å². The van der Waals surface area contributed by atoms with Crippen LogP contribution in [0.5, 0.6) is 0 Å². The zero-order chi connectivity index (χ0) is 24.2. The van der Waals surface area contributed by atoms with Crippen molar-refractivity contribution in [3.63, 3.8) is 0 Å². The number of carbonyl (C=O) groups excluding carboxylic acids is 4. The average Bonchev–Trinajstić information content (AvgIpc) is 3.40. The number of amides is 4. The van der Waals surface area contributed by atoms with Crippen molar-refractivity contribution in [2.24, 2.45) is 17.3 Å². The third-order valence-corrected chi connectivity index (χ3v) is 7.43. The molecule has 3 rings (SSSR count). The molecule has 1 saturated carbocycles. The maximum Gasteiger partial charge on any atom is 0.245 e. The minimum absolute atomic E-state index is 0.0197.